The first-order valence-corrected chi connectivity index (χ1v) is 7.22. The molecule has 0 heterocycles. The smallest absolute Gasteiger partial charge is 0.0716 e. The molecular formula is C16H17IO. The second kappa shape index (κ2) is 6.34. The number of ether oxygens (including phenoxy) is 1. The average Bonchev–Trinajstić information content (AvgIpc) is 2.38. The highest BCUT2D eigenvalue weighted by Crippen LogP contribution is 2.25. The summed E-state index contributed by atoms with van der Waals surface area (Å²) >= 11 is 2.33. The zero-order valence-electron chi connectivity index (χ0n) is 10.7. The van der Waals surface area contributed by atoms with E-state index in [1.807, 2.05) is 6.92 Å². The fraction of sp³-hybridized carbons (Fsp3) is 0.250. The first kappa shape index (κ1) is 13.6. The van der Waals surface area contributed by atoms with Crippen molar-refractivity contribution in [3.05, 3.63) is 57.2 Å². The Labute approximate surface area is 122 Å². The highest BCUT2D eigenvalue weighted by Gasteiger charge is 2.03. The van der Waals surface area contributed by atoms with Gasteiger partial charge in [0.25, 0.3) is 0 Å². The lowest BCUT2D eigenvalue weighted by Crippen LogP contribution is -1.93. The lowest BCUT2D eigenvalue weighted by atomic mass is 9.99. The number of rotatable bonds is 4. The summed E-state index contributed by atoms with van der Waals surface area (Å²) in [6.45, 7) is 5.64. The van der Waals surface area contributed by atoms with Gasteiger partial charge >= 0.3 is 0 Å². The lowest BCUT2D eigenvalue weighted by molar-refractivity contribution is 0.134. The minimum absolute atomic E-state index is 0.699. The number of halogens is 1. The molecule has 18 heavy (non-hydrogen) atoms. The maximum absolute atomic E-state index is 5.43. The molecule has 0 radical (unpaired) electrons. The second-order valence-electron chi connectivity index (χ2n) is 4.29. The Hall–Kier alpha value is -0.870. The zero-order valence-corrected chi connectivity index (χ0v) is 12.9. The van der Waals surface area contributed by atoms with Gasteiger partial charge in [-0.3, -0.25) is 0 Å². The molecule has 2 heteroatoms. The van der Waals surface area contributed by atoms with Crippen molar-refractivity contribution in [2.24, 2.45) is 0 Å². The quantitative estimate of drug-likeness (QED) is 0.718. The largest absolute Gasteiger partial charge is 0.377 e. The van der Waals surface area contributed by atoms with Crippen LogP contribution in [0.25, 0.3) is 11.1 Å². The molecule has 0 aromatic heterocycles. The number of aryl methyl sites for hydroxylation is 1. The third-order valence-electron chi connectivity index (χ3n) is 2.92. The maximum Gasteiger partial charge on any atom is 0.0716 e. The van der Waals surface area contributed by atoms with E-state index in [4.69, 9.17) is 4.74 Å². The molecule has 2 aromatic carbocycles. The summed E-state index contributed by atoms with van der Waals surface area (Å²) < 4.78 is 6.70. The van der Waals surface area contributed by atoms with Gasteiger partial charge in [-0.25, -0.2) is 0 Å². The summed E-state index contributed by atoms with van der Waals surface area (Å²) in [5, 5.41) is 0. The van der Waals surface area contributed by atoms with Crippen molar-refractivity contribution in [2.45, 2.75) is 20.5 Å². The van der Waals surface area contributed by atoms with Crippen LogP contribution in [0.2, 0.25) is 0 Å². The molecule has 0 saturated carbocycles. The van der Waals surface area contributed by atoms with Gasteiger partial charge in [-0.1, -0.05) is 30.3 Å². The van der Waals surface area contributed by atoms with Crippen molar-refractivity contribution < 1.29 is 4.74 Å². The summed E-state index contributed by atoms with van der Waals surface area (Å²) in [5.74, 6) is 0. The van der Waals surface area contributed by atoms with Gasteiger partial charge in [-0.15, -0.1) is 0 Å². The molecule has 2 aromatic rings. The summed E-state index contributed by atoms with van der Waals surface area (Å²) in [4.78, 5) is 0. The van der Waals surface area contributed by atoms with E-state index in [0.717, 1.165) is 6.61 Å². The fourth-order valence-electron chi connectivity index (χ4n) is 1.99. The first-order valence-electron chi connectivity index (χ1n) is 6.14. The molecule has 0 saturated heterocycles. The van der Waals surface area contributed by atoms with E-state index in [-0.39, 0.29) is 0 Å². The van der Waals surface area contributed by atoms with Crippen LogP contribution in [0.1, 0.15) is 18.1 Å². The molecule has 94 valence electrons. The van der Waals surface area contributed by atoms with Crippen LogP contribution in [0.15, 0.2) is 42.5 Å². The first-order chi connectivity index (χ1) is 8.70. The molecule has 0 atom stereocenters. The summed E-state index contributed by atoms with van der Waals surface area (Å²) in [6.07, 6.45) is 0. The molecule has 0 N–H and O–H groups in total. The number of hydrogen-bond acceptors (Lipinski definition) is 1. The Bertz CT molecular complexity index is 517. The van der Waals surface area contributed by atoms with Gasteiger partial charge < -0.3 is 4.74 Å². The van der Waals surface area contributed by atoms with Gasteiger partial charge in [-0.2, -0.15) is 0 Å². The lowest BCUT2D eigenvalue weighted by Gasteiger charge is -2.09. The zero-order chi connectivity index (χ0) is 13.0. The van der Waals surface area contributed by atoms with E-state index in [1.54, 1.807) is 0 Å². The number of benzene rings is 2. The molecule has 0 spiro atoms. The third kappa shape index (κ3) is 3.33. The van der Waals surface area contributed by atoms with Gasteiger partial charge in [0.15, 0.2) is 0 Å². The third-order valence-corrected chi connectivity index (χ3v) is 3.64. The molecule has 0 bridgehead atoms. The standard InChI is InChI=1S/C16H17IO/c1-3-18-11-13-4-9-16(12(2)10-13)14-5-7-15(17)8-6-14/h4-10H,3,11H2,1-2H3. The minimum atomic E-state index is 0.699. The Morgan fingerprint density at radius 1 is 1.06 bits per heavy atom. The van der Waals surface area contributed by atoms with Crippen LogP contribution in [-0.4, -0.2) is 6.61 Å². The van der Waals surface area contributed by atoms with Crippen LogP contribution in [0.5, 0.6) is 0 Å². The van der Waals surface area contributed by atoms with E-state index in [9.17, 15) is 0 Å². The van der Waals surface area contributed by atoms with Crippen LogP contribution < -0.4 is 0 Å². The molecular weight excluding hydrogens is 335 g/mol. The average molecular weight is 352 g/mol. The van der Waals surface area contributed by atoms with E-state index >= 15 is 0 Å². The van der Waals surface area contributed by atoms with Crippen LogP contribution in [0, 0.1) is 10.5 Å². The van der Waals surface area contributed by atoms with Gasteiger partial charge in [-0.05, 0) is 70.8 Å². The topological polar surface area (TPSA) is 9.23 Å². The van der Waals surface area contributed by atoms with E-state index < -0.39 is 0 Å². The predicted octanol–water partition coefficient (Wildman–Crippen LogP) is 4.80. The molecule has 0 fully saturated rings. The van der Waals surface area contributed by atoms with Crippen molar-refractivity contribution >= 4 is 22.6 Å². The molecule has 0 aliphatic carbocycles. The van der Waals surface area contributed by atoms with Crippen molar-refractivity contribution in [1.29, 1.82) is 0 Å². The van der Waals surface area contributed by atoms with Gasteiger partial charge in [0.1, 0.15) is 0 Å². The summed E-state index contributed by atoms with van der Waals surface area (Å²) in [6, 6.07) is 15.2. The molecule has 0 aliphatic rings. The maximum atomic E-state index is 5.43. The monoisotopic (exact) mass is 352 g/mol. The molecule has 1 nitrogen and oxygen atoms in total. The Kier molecular flexibility index (Phi) is 4.78. The van der Waals surface area contributed by atoms with Crippen LogP contribution in [0.4, 0.5) is 0 Å². The predicted molar refractivity (Wildman–Crippen MR) is 84.7 cm³/mol. The Morgan fingerprint density at radius 2 is 1.78 bits per heavy atom. The normalized spacial score (nSPS) is 10.6. The van der Waals surface area contributed by atoms with Crippen LogP contribution >= 0.6 is 22.6 Å². The Morgan fingerprint density at radius 3 is 2.39 bits per heavy atom. The van der Waals surface area contributed by atoms with Gasteiger partial charge in [0, 0.05) is 10.2 Å². The molecule has 0 aliphatic heterocycles. The van der Waals surface area contributed by atoms with Gasteiger partial charge in [0.2, 0.25) is 0 Å². The van der Waals surface area contributed by atoms with Crippen LogP contribution in [-0.2, 0) is 11.3 Å². The molecule has 0 amide bonds. The SMILES string of the molecule is CCOCc1ccc(-c2ccc(I)cc2)c(C)c1. The molecule has 0 unspecified atom stereocenters. The van der Waals surface area contributed by atoms with Gasteiger partial charge in [0.05, 0.1) is 6.61 Å². The highest BCUT2D eigenvalue weighted by atomic mass is 127. The Balaban J connectivity index is 2.26. The minimum Gasteiger partial charge on any atom is -0.377 e. The second-order valence-corrected chi connectivity index (χ2v) is 5.54. The van der Waals surface area contributed by atoms with E-state index in [1.165, 1.54) is 25.8 Å². The van der Waals surface area contributed by atoms with E-state index in [2.05, 4.69) is 72.0 Å². The van der Waals surface area contributed by atoms with Crippen molar-refractivity contribution in [1.82, 2.24) is 0 Å². The highest BCUT2D eigenvalue weighted by molar-refractivity contribution is 14.1. The summed E-state index contributed by atoms with van der Waals surface area (Å²) in [5.41, 5.74) is 5.11. The van der Waals surface area contributed by atoms with Crippen molar-refractivity contribution in [3.8, 4) is 11.1 Å². The van der Waals surface area contributed by atoms with Crippen molar-refractivity contribution in [2.75, 3.05) is 6.61 Å². The fourth-order valence-corrected chi connectivity index (χ4v) is 2.35. The summed E-state index contributed by atoms with van der Waals surface area (Å²) in [7, 11) is 0. The number of hydrogen-bond donors (Lipinski definition) is 0. The van der Waals surface area contributed by atoms with Crippen molar-refractivity contribution in [3.63, 3.8) is 0 Å². The van der Waals surface area contributed by atoms with E-state index in [0.29, 0.717) is 6.61 Å². The van der Waals surface area contributed by atoms with Crippen LogP contribution in [0.3, 0.4) is 0 Å². The molecule has 2 rings (SSSR count).